The molecule has 0 bridgehead atoms. The zero-order valence-electron chi connectivity index (χ0n) is 16.6. The number of hydrogen-bond donors (Lipinski definition) is 1. The fourth-order valence-electron chi connectivity index (χ4n) is 2.68. The van der Waals surface area contributed by atoms with Crippen LogP contribution in [0.3, 0.4) is 0 Å². The summed E-state index contributed by atoms with van der Waals surface area (Å²) in [6, 6.07) is 15.3. The number of esters is 1. The van der Waals surface area contributed by atoms with Gasteiger partial charge < -0.3 is 19.5 Å². The number of ether oxygens (including phenoxy) is 3. The molecule has 0 heterocycles. The average Bonchev–Trinajstić information content (AvgIpc) is 2.70. The van der Waals surface area contributed by atoms with Gasteiger partial charge in [-0.25, -0.2) is 9.59 Å². The quantitative estimate of drug-likeness (QED) is 0.665. The molecule has 0 radical (unpaired) electrons. The Morgan fingerprint density at radius 1 is 1.07 bits per heavy atom. The Morgan fingerprint density at radius 2 is 1.82 bits per heavy atom. The molecule has 0 saturated carbocycles. The molecule has 2 rings (SSSR count). The van der Waals surface area contributed by atoms with Crippen molar-refractivity contribution in [3.8, 4) is 5.75 Å². The molecule has 6 heteroatoms. The second-order valence-corrected chi connectivity index (χ2v) is 6.41. The number of benzene rings is 2. The predicted octanol–water partition coefficient (Wildman–Crippen LogP) is 3.79. The standard InChI is InChI=1S/C22H27NO5/c1-4-20(21(24)26-3)28-19-10-6-9-18(14-19)15-23-22(25)27-12-11-17-8-5-7-16(2)13-17/h5-10,13-14,20H,4,11-12,15H2,1-3H3,(H,23,25). The van der Waals surface area contributed by atoms with Crippen LogP contribution in [0.15, 0.2) is 48.5 Å². The van der Waals surface area contributed by atoms with Crippen LogP contribution in [0, 0.1) is 6.92 Å². The van der Waals surface area contributed by atoms with Crippen molar-refractivity contribution in [2.45, 2.75) is 39.3 Å². The molecule has 1 atom stereocenters. The van der Waals surface area contributed by atoms with Gasteiger partial charge in [-0.05, 0) is 36.6 Å². The molecule has 0 saturated heterocycles. The van der Waals surface area contributed by atoms with Gasteiger partial charge in [0.1, 0.15) is 5.75 Å². The Balaban J connectivity index is 1.78. The minimum atomic E-state index is -0.653. The summed E-state index contributed by atoms with van der Waals surface area (Å²) < 4.78 is 15.6. The summed E-state index contributed by atoms with van der Waals surface area (Å²) >= 11 is 0. The number of nitrogens with one attached hydrogen (secondary N) is 1. The summed E-state index contributed by atoms with van der Waals surface area (Å²) in [6.07, 6.45) is 0.0482. The highest BCUT2D eigenvalue weighted by Crippen LogP contribution is 2.16. The second kappa shape index (κ2) is 11.0. The fourth-order valence-corrected chi connectivity index (χ4v) is 2.68. The SMILES string of the molecule is CCC(Oc1cccc(CNC(=O)OCCc2cccc(C)c2)c1)C(=O)OC. The molecular formula is C22H27NO5. The van der Waals surface area contributed by atoms with Gasteiger partial charge in [0.05, 0.1) is 13.7 Å². The lowest BCUT2D eigenvalue weighted by atomic mass is 10.1. The summed E-state index contributed by atoms with van der Waals surface area (Å²) in [4.78, 5) is 23.5. The van der Waals surface area contributed by atoms with Crippen LogP contribution in [0.1, 0.15) is 30.0 Å². The van der Waals surface area contributed by atoms with Crippen molar-refractivity contribution in [1.29, 1.82) is 0 Å². The predicted molar refractivity (Wildman–Crippen MR) is 106 cm³/mol. The van der Waals surface area contributed by atoms with Gasteiger partial charge in [0.15, 0.2) is 6.10 Å². The smallest absolute Gasteiger partial charge is 0.407 e. The first kappa shape index (κ1) is 21.3. The molecule has 150 valence electrons. The van der Waals surface area contributed by atoms with Crippen molar-refractivity contribution < 1.29 is 23.8 Å². The number of hydrogen-bond acceptors (Lipinski definition) is 5. The topological polar surface area (TPSA) is 73.9 Å². The van der Waals surface area contributed by atoms with Crippen molar-refractivity contribution in [1.82, 2.24) is 5.32 Å². The highest BCUT2D eigenvalue weighted by Gasteiger charge is 2.18. The normalized spacial score (nSPS) is 11.4. The van der Waals surface area contributed by atoms with Crippen molar-refractivity contribution in [3.63, 3.8) is 0 Å². The largest absolute Gasteiger partial charge is 0.479 e. The third-order valence-electron chi connectivity index (χ3n) is 4.15. The molecule has 0 aromatic heterocycles. The molecule has 1 amide bonds. The van der Waals surface area contributed by atoms with E-state index in [0.29, 0.717) is 31.7 Å². The van der Waals surface area contributed by atoms with Crippen LogP contribution < -0.4 is 10.1 Å². The monoisotopic (exact) mass is 385 g/mol. The molecule has 6 nitrogen and oxygen atoms in total. The van der Waals surface area contributed by atoms with E-state index in [1.54, 1.807) is 18.2 Å². The van der Waals surface area contributed by atoms with Crippen molar-refractivity contribution >= 4 is 12.1 Å². The van der Waals surface area contributed by atoms with Crippen LogP contribution in [-0.2, 0) is 27.2 Å². The first-order chi connectivity index (χ1) is 13.5. The number of methoxy groups -OCH3 is 1. The maximum atomic E-state index is 11.9. The van der Waals surface area contributed by atoms with E-state index in [1.165, 1.54) is 12.7 Å². The van der Waals surface area contributed by atoms with Gasteiger partial charge in [-0.15, -0.1) is 0 Å². The number of aryl methyl sites for hydroxylation is 1. The maximum absolute atomic E-state index is 11.9. The van der Waals surface area contributed by atoms with Crippen LogP contribution in [-0.4, -0.2) is 31.9 Å². The zero-order chi connectivity index (χ0) is 20.4. The lowest BCUT2D eigenvalue weighted by molar-refractivity contribution is -0.148. The molecule has 0 fully saturated rings. The summed E-state index contributed by atoms with van der Waals surface area (Å²) in [5.74, 6) is 0.132. The van der Waals surface area contributed by atoms with E-state index in [0.717, 1.165) is 11.1 Å². The van der Waals surface area contributed by atoms with E-state index in [-0.39, 0.29) is 0 Å². The van der Waals surface area contributed by atoms with E-state index in [9.17, 15) is 9.59 Å². The highest BCUT2D eigenvalue weighted by atomic mass is 16.6. The van der Waals surface area contributed by atoms with Crippen molar-refractivity contribution in [3.05, 3.63) is 65.2 Å². The fraction of sp³-hybridized carbons (Fsp3) is 0.364. The van der Waals surface area contributed by atoms with Gasteiger partial charge in [0.25, 0.3) is 0 Å². The average molecular weight is 385 g/mol. The highest BCUT2D eigenvalue weighted by molar-refractivity contribution is 5.74. The summed E-state index contributed by atoms with van der Waals surface area (Å²) in [5, 5.41) is 2.72. The van der Waals surface area contributed by atoms with Crippen LogP contribution in [0.2, 0.25) is 0 Å². The molecule has 28 heavy (non-hydrogen) atoms. The van der Waals surface area contributed by atoms with Gasteiger partial charge in [0.2, 0.25) is 0 Å². The summed E-state index contributed by atoms with van der Waals surface area (Å²) in [6.45, 7) is 4.49. The maximum Gasteiger partial charge on any atom is 0.407 e. The first-order valence-electron chi connectivity index (χ1n) is 9.31. The first-order valence-corrected chi connectivity index (χ1v) is 9.31. The number of carbonyl (C=O) groups excluding carboxylic acids is 2. The van der Waals surface area contributed by atoms with E-state index in [2.05, 4.69) is 11.4 Å². The van der Waals surface area contributed by atoms with Gasteiger partial charge in [-0.2, -0.15) is 0 Å². The van der Waals surface area contributed by atoms with Crippen LogP contribution >= 0.6 is 0 Å². The van der Waals surface area contributed by atoms with Crippen LogP contribution in [0.5, 0.6) is 5.75 Å². The number of rotatable bonds is 9. The van der Waals surface area contributed by atoms with E-state index >= 15 is 0 Å². The molecule has 0 spiro atoms. The van der Waals surface area contributed by atoms with Crippen molar-refractivity contribution in [2.75, 3.05) is 13.7 Å². The molecule has 1 unspecified atom stereocenters. The van der Waals surface area contributed by atoms with Crippen molar-refractivity contribution in [2.24, 2.45) is 0 Å². The number of carbonyl (C=O) groups is 2. The minimum Gasteiger partial charge on any atom is -0.479 e. The number of alkyl carbamates (subject to hydrolysis) is 1. The summed E-state index contributed by atoms with van der Waals surface area (Å²) in [5.41, 5.74) is 3.16. The molecule has 2 aromatic carbocycles. The minimum absolute atomic E-state index is 0.301. The van der Waals surface area contributed by atoms with Crippen LogP contribution in [0.4, 0.5) is 4.79 Å². The second-order valence-electron chi connectivity index (χ2n) is 6.41. The van der Waals surface area contributed by atoms with E-state index in [1.807, 2.05) is 38.1 Å². The molecule has 0 aliphatic heterocycles. The van der Waals surface area contributed by atoms with Gasteiger partial charge >= 0.3 is 12.1 Å². The van der Waals surface area contributed by atoms with Crippen LogP contribution in [0.25, 0.3) is 0 Å². The van der Waals surface area contributed by atoms with Gasteiger partial charge in [0, 0.05) is 13.0 Å². The lowest BCUT2D eigenvalue weighted by Crippen LogP contribution is -2.28. The summed E-state index contributed by atoms with van der Waals surface area (Å²) in [7, 11) is 1.33. The zero-order valence-corrected chi connectivity index (χ0v) is 16.6. The molecule has 0 aliphatic carbocycles. The molecule has 1 N–H and O–H groups in total. The van der Waals surface area contributed by atoms with Gasteiger partial charge in [-0.3, -0.25) is 0 Å². The number of amides is 1. The Kier molecular flexibility index (Phi) is 8.34. The molecule has 0 aliphatic rings. The van der Waals surface area contributed by atoms with E-state index in [4.69, 9.17) is 14.2 Å². The molecular weight excluding hydrogens is 358 g/mol. The Bertz CT molecular complexity index is 790. The Hall–Kier alpha value is -3.02. The van der Waals surface area contributed by atoms with E-state index < -0.39 is 18.2 Å². The third-order valence-corrected chi connectivity index (χ3v) is 4.15. The molecule has 2 aromatic rings. The lowest BCUT2D eigenvalue weighted by Gasteiger charge is -2.15. The van der Waals surface area contributed by atoms with Gasteiger partial charge in [-0.1, -0.05) is 48.9 Å². The Morgan fingerprint density at radius 3 is 2.54 bits per heavy atom. The third kappa shape index (κ3) is 6.95. The Labute approximate surface area is 165 Å².